The van der Waals surface area contributed by atoms with E-state index in [1.54, 1.807) is 80.4 Å². The van der Waals surface area contributed by atoms with Crippen molar-refractivity contribution in [2.75, 3.05) is 18.4 Å². The number of hydrogen-bond acceptors (Lipinski definition) is 8. The van der Waals surface area contributed by atoms with Crippen molar-refractivity contribution in [3.8, 4) is 5.69 Å². The summed E-state index contributed by atoms with van der Waals surface area (Å²) in [5.74, 6) is -0.0984. The number of rotatable bonds is 5. The van der Waals surface area contributed by atoms with Gasteiger partial charge >= 0.3 is 6.09 Å². The van der Waals surface area contributed by atoms with Crippen LogP contribution in [0.1, 0.15) is 45.4 Å². The molecule has 1 aromatic carbocycles. The van der Waals surface area contributed by atoms with E-state index in [0.717, 1.165) is 5.39 Å². The molecule has 1 atom stereocenters. The molecule has 4 aromatic rings. The van der Waals surface area contributed by atoms with E-state index in [4.69, 9.17) is 4.74 Å². The second-order valence-electron chi connectivity index (χ2n) is 10.7. The van der Waals surface area contributed by atoms with Crippen molar-refractivity contribution in [1.82, 2.24) is 24.6 Å². The molecule has 0 saturated carbocycles. The van der Waals surface area contributed by atoms with Gasteiger partial charge in [0.15, 0.2) is 0 Å². The molecule has 0 spiro atoms. The Balaban J connectivity index is 1.30. The molecule has 1 saturated heterocycles. The summed E-state index contributed by atoms with van der Waals surface area (Å²) in [7, 11) is 0. The van der Waals surface area contributed by atoms with Crippen molar-refractivity contribution in [2.24, 2.45) is 0 Å². The monoisotopic (exact) mass is 534 g/mol. The van der Waals surface area contributed by atoms with E-state index in [0.29, 0.717) is 22.7 Å². The molecule has 1 aliphatic heterocycles. The maximum atomic E-state index is 14.8. The van der Waals surface area contributed by atoms with Gasteiger partial charge in [0.2, 0.25) is 0 Å². The fourth-order valence-corrected chi connectivity index (χ4v) is 4.51. The van der Waals surface area contributed by atoms with E-state index < -0.39 is 29.2 Å². The van der Waals surface area contributed by atoms with Crippen molar-refractivity contribution in [3.05, 3.63) is 72.6 Å². The summed E-state index contributed by atoms with van der Waals surface area (Å²) in [5.41, 5.74) is -0.427. The number of anilines is 2. The van der Waals surface area contributed by atoms with Gasteiger partial charge < -0.3 is 25.2 Å². The number of piperidine rings is 1. The normalized spacial score (nSPS) is 16.2. The standard InChI is InChI=1S/C28H31FN6O4/c1-27(2,3)39-26(37)34-13-9-28(38,10-14-34)25(36)22-7-5-18-17-30-24(16-23(18)32-22)33-21-8-6-19(15-20(21)29)35-12-4-11-31-35/h4-8,11-12,15-17,25,36,38H,9-10,13-14H2,1-3H3,(H,30,33). The Morgan fingerprint density at radius 3 is 2.62 bits per heavy atom. The van der Waals surface area contributed by atoms with Gasteiger partial charge in [-0.25, -0.2) is 23.8 Å². The number of amides is 1. The minimum absolute atomic E-state index is 0.171. The van der Waals surface area contributed by atoms with Crippen LogP contribution >= 0.6 is 0 Å². The average Bonchev–Trinajstić information content (AvgIpc) is 3.43. The zero-order chi connectivity index (χ0) is 27.8. The largest absolute Gasteiger partial charge is 0.444 e. The smallest absolute Gasteiger partial charge is 0.410 e. The van der Waals surface area contributed by atoms with Crippen LogP contribution in [0, 0.1) is 5.82 Å². The summed E-state index contributed by atoms with van der Waals surface area (Å²) >= 11 is 0. The Hall–Kier alpha value is -4.09. The summed E-state index contributed by atoms with van der Waals surface area (Å²) in [5, 5.41) is 30.1. The topological polar surface area (TPSA) is 126 Å². The van der Waals surface area contributed by atoms with E-state index in [1.807, 2.05) is 0 Å². The number of nitrogens with zero attached hydrogens (tertiary/aromatic N) is 5. The molecule has 1 fully saturated rings. The minimum atomic E-state index is -1.45. The SMILES string of the molecule is CC(C)(C)OC(=O)N1CCC(O)(C(O)c2ccc3cnc(Nc4ccc(-n5cccn5)cc4F)cc3n2)CC1. The predicted molar refractivity (Wildman–Crippen MR) is 143 cm³/mol. The van der Waals surface area contributed by atoms with E-state index in [-0.39, 0.29) is 31.6 Å². The van der Waals surface area contributed by atoms with Gasteiger partial charge in [0, 0.05) is 49.2 Å². The number of carbonyl (C=O) groups excluding carboxylic acids is 1. The van der Waals surface area contributed by atoms with Gasteiger partial charge in [0.1, 0.15) is 23.3 Å². The summed E-state index contributed by atoms with van der Waals surface area (Å²) in [6, 6.07) is 11.5. The molecule has 3 N–H and O–H groups in total. The number of pyridine rings is 2. The van der Waals surface area contributed by atoms with Gasteiger partial charge in [0.25, 0.3) is 0 Å². The van der Waals surface area contributed by atoms with Crippen LogP contribution < -0.4 is 5.32 Å². The lowest BCUT2D eigenvalue weighted by atomic mass is 9.84. The third kappa shape index (κ3) is 5.84. The molecule has 1 unspecified atom stereocenters. The summed E-state index contributed by atoms with van der Waals surface area (Å²) in [6.07, 6.45) is 3.58. The molecule has 1 aliphatic rings. The van der Waals surface area contributed by atoms with Crippen molar-refractivity contribution in [3.63, 3.8) is 0 Å². The van der Waals surface area contributed by atoms with Crippen LogP contribution in [0.4, 0.5) is 20.7 Å². The number of aromatic nitrogens is 4. The highest BCUT2D eigenvalue weighted by Crippen LogP contribution is 2.35. The first-order chi connectivity index (χ1) is 18.5. The van der Waals surface area contributed by atoms with Gasteiger partial charge in [-0.15, -0.1) is 0 Å². The molecule has 3 aromatic heterocycles. The van der Waals surface area contributed by atoms with Crippen LogP contribution in [0.5, 0.6) is 0 Å². The predicted octanol–water partition coefficient (Wildman–Crippen LogP) is 4.49. The highest BCUT2D eigenvalue weighted by molar-refractivity contribution is 5.81. The molecular formula is C28H31FN6O4. The Kier molecular flexibility index (Phi) is 6.96. The molecule has 204 valence electrons. The molecule has 0 radical (unpaired) electrons. The van der Waals surface area contributed by atoms with E-state index in [2.05, 4.69) is 20.4 Å². The second kappa shape index (κ2) is 10.2. The number of halogens is 1. The molecule has 11 heteroatoms. The van der Waals surface area contributed by atoms with E-state index in [1.165, 1.54) is 11.0 Å². The van der Waals surface area contributed by atoms with Gasteiger partial charge in [-0.1, -0.05) is 0 Å². The van der Waals surface area contributed by atoms with Crippen LogP contribution in [0.15, 0.2) is 61.1 Å². The van der Waals surface area contributed by atoms with Gasteiger partial charge in [-0.3, -0.25) is 0 Å². The number of fused-ring (bicyclic) bond motifs is 1. The number of carbonyl (C=O) groups is 1. The van der Waals surface area contributed by atoms with E-state index in [9.17, 15) is 19.4 Å². The van der Waals surface area contributed by atoms with Crippen molar-refractivity contribution < 1.29 is 24.1 Å². The third-order valence-electron chi connectivity index (χ3n) is 6.65. The molecular weight excluding hydrogens is 503 g/mol. The van der Waals surface area contributed by atoms with Crippen LogP contribution in [0.25, 0.3) is 16.6 Å². The van der Waals surface area contributed by atoms with Crippen LogP contribution in [0.2, 0.25) is 0 Å². The Bertz CT molecular complexity index is 1480. The van der Waals surface area contributed by atoms with Gasteiger partial charge in [0.05, 0.1) is 28.2 Å². The van der Waals surface area contributed by atoms with Gasteiger partial charge in [-0.2, -0.15) is 5.10 Å². The first-order valence-electron chi connectivity index (χ1n) is 12.7. The number of aliphatic hydroxyl groups excluding tert-OH is 1. The quantitative estimate of drug-likeness (QED) is 0.342. The molecule has 0 bridgehead atoms. The molecule has 39 heavy (non-hydrogen) atoms. The maximum Gasteiger partial charge on any atom is 0.410 e. The van der Waals surface area contributed by atoms with Crippen molar-refractivity contribution in [1.29, 1.82) is 0 Å². The Labute approximate surface area is 225 Å². The molecule has 10 nitrogen and oxygen atoms in total. The van der Waals surface area contributed by atoms with Crippen molar-refractivity contribution >= 4 is 28.5 Å². The molecule has 4 heterocycles. The molecule has 5 rings (SSSR count). The molecule has 0 aliphatic carbocycles. The fraction of sp³-hybridized carbons (Fsp3) is 0.357. The van der Waals surface area contributed by atoms with Gasteiger partial charge in [-0.05, 0) is 63.9 Å². The zero-order valence-electron chi connectivity index (χ0n) is 22.0. The second-order valence-corrected chi connectivity index (χ2v) is 10.7. The Morgan fingerprint density at radius 1 is 1.18 bits per heavy atom. The lowest BCUT2D eigenvalue weighted by Crippen LogP contribution is -2.50. The highest BCUT2D eigenvalue weighted by atomic mass is 19.1. The van der Waals surface area contributed by atoms with E-state index >= 15 is 0 Å². The molecule has 1 amide bonds. The summed E-state index contributed by atoms with van der Waals surface area (Å²) in [6.45, 7) is 5.89. The fourth-order valence-electron chi connectivity index (χ4n) is 4.51. The third-order valence-corrected chi connectivity index (χ3v) is 6.65. The summed E-state index contributed by atoms with van der Waals surface area (Å²) < 4.78 is 21.8. The van der Waals surface area contributed by atoms with Crippen LogP contribution in [0.3, 0.4) is 0 Å². The number of aliphatic hydroxyl groups is 2. The van der Waals surface area contributed by atoms with Crippen molar-refractivity contribution in [2.45, 2.75) is 50.9 Å². The number of benzene rings is 1. The summed E-state index contributed by atoms with van der Waals surface area (Å²) in [4.78, 5) is 22.8. The number of nitrogens with one attached hydrogen (secondary N) is 1. The first-order valence-corrected chi connectivity index (χ1v) is 12.7. The zero-order valence-corrected chi connectivity index (χ0v) is 22.0. The number of likely N-dealkylation sites (tertiary alicyclic amines) is 1. The lowest BCUT2D eigenvalue weighted by molar-refractivity contribution is -0.112. The highest BCUT2D eigenvalue weighted by Gasteiger charge is 2.42. The Morgan fingerprint density at radius 2 is 1.95 bits per heavy atom. The maximum absolute atomic E-state index is 14.8. The van der Waals surface area contributed by atoms with Crippen LogP contribution in [-0.4, -0.2) is 65.2 Å². The number of hydrogen-bond donors (Lipinski definition) is 3. The first kappa shape index (κ1) is 26.5. The lowest BCUT2D eigenvalue weighted by Gasteiger charge is -2.40. The minimum Gasteiger partial charge on any atom is -0.444 e. The van der Waals surface area contributed by atoms with Crippen LogP contribution in [-0.2, 0) is 4.74 Å². The number of ether oxygens (including phenoxy) is 1. The average molecular weight is 535 g/mol.